The fraction of sp³-hybridized carbons (Fsp3) is 0.750. The molecule has 0 spiro atoms. The van der Waals surface area contributed by atoms with Gasteiger partial charge in [0.15, 0.2) is 4.34 Å². The molecule has 5 nitrogen and oxygen atoms in total. The molecule has 0 radical (unpaired) electrons. The number of hydrogen-bond donors (Lipinski definition) is 1. The normalized spacial score (nSPS) is 18.0. The number of rotatable bonds is 8. The molecule has 1 aromatic heterocycles. The predicted octanol–water partition coefficient (Wildman–Crippen LogP) is 2.09. The van der Waals surface area contributed by atoms with Crippen LogP contribution in [-0.4, -0.2) is 39.3 Å². The highest BCUT2D eigenvalue weighted by molar-refractivity contribution is 8.00. The predicted molar refractivity (Wildman–Crippen MR) is 76.4 cm³/mol. The van der Waals surface area contributed by atoms with Gasteiger partial charge in [-0.25, -0.2) is 4.98 Å². The molecule has 1 aliphatic rings. The van der Waals surface area contributed by atoms with Gasteiger partial charge >= 0.3 is 5.97 Å². The highest BCUT2D eigenvalue weighted by Gasteiger charge is 2.39. The molecule has 1 saturated carbocycles. The largest absolute Gasteiger partial charge is 0.465 e. The fourth-order valence-corrected chi connectivity index (χ4v) is 3.45. The minimum absolute atomic E-state index is 0.153. The van der Waals surface area contributed by atoms with Crippen LogP contribution in [0.1, 0.15) is 33.1 Å². The molecule has 1 N–H and O–H groups in total. The van der Waals surface area contributed by atoms with Crippen LogP contribution in [0.25, 0.3) is 0 Å². The Morgan fingerprint density at radius 1 is 1.68 bits per heavy atom. The lowest BCUT2D eigenvalue weighted by atomic mass is 9.99. The average molecular weight is 301 g/mol. The van der Waals surface area contributed by atoms with Gasteiger partial charge in [-0.15, -0.1) is 0 Å². The number of ether oxygens (including phenoxy) is 1. The Morgan fingerprint density at radius 2 is 2.47 bits per heavy atom. The van der Waals surface area contributed by atoms with Crippen molar-refractivity contribution in [3.8, 4) is 0 Å². The van der Waals surface area contributed by atoms with E-state index >= 15 is 0 Å². The van der Waals surface area contributed by atoms with E-state index in [0.717, 1.165) is 29.4 Å². The second-order valence-corrected chi connectivity index (χ2v) is 6.90. The number of esters is 1. The molecular weight excluding hydrogens is 282 g/mol. The summed E-state index contributed by atoms with van der Waals surface area (Å²) in [5.74, 6) is 0.671. The minimum Gasteiger partial charge on any atom is -0.465 e. The molecule has 2 rings (SSSR count). The van der Waals surface area contributed by atoms with Crippen LogP contribution < -0.4 is 5.32 Å². The van der Waals surface area contributed by atoms with E-state index in [2.05, 4.69) is 14.7 Å². The molecule has 1 heterocycles. The number of aromatic nitrogens is 2. The third-order valence-corrected chi connectivity index (χ3v) is 4.79. The first kappa shape index (κ1) is 14.7. The van der Waals surface area contributed by atoms with Crippen molar-refractivity contribution in [3.63, 3.8) is 0 Å². The lowest BCUT2D eigenvalue weighted by molar-refractivity contribution is -0.150. The number of carbonyl (C=O) groups excluding carboxylic acids is 1. The van der Waals surface area contributed by atoms with Crippen molar-refractivity contribution in [1.29, 1.82) is 0 Å². The topological polar surface area (TPSA) is 64.1 Å². The highest BCUT2D eigenvalue weighted by atomic mass is 32.2. The molecule has 0 aliphatic heterocycles. The molecule has 1 atom stereocenters. The highest BCUT2D eigenvalue weighted by Crippen LogP contribution is 2.27. The van der Waals surface area contributed by atoms with Gasteiger partial charge in [0.2, 0.25) is 0 Å². The summed E-state index contributed by atoms with van der Waals surface area (Å²) in [6, 6.07) is 0.473. The smallest absolute Gasteiger partial charge is 0.326 e. The molecule has 1 aliphatic carbocycles. The number of carbonyl (C=O) groups is 1. The number of thioether (sulfide) groups is 1. The summed E-state index contributed by atoms with van der Waals surface area (Å²) in [6.07, 6.45) is 4.59. The van der Waals surface area contributed by atoms with Gasteiger partial charge in [0.05, 0.1) is 6.61 Å². The molecule has 106 valence electrons. The molecule has 0 amide bonds. The second-order valence-electron chi connectivity index (χ2n) is 4.78. The van der Waals surface area contributed by atoms with Crippen LogP contribution in [0.5, 0.6) is 0 Å². The van der Waals surface area contributed by atoms with E-state index in [1.54, 1.807) is 18.1 Å². The van der Waals surface area contributed by atoms with E-state index in [4.69, 9.17) is 4.74 Å². The summed E-state index contributed by atoms with van der Waals surface area (Å²) in [5, 5.41) is 3.41. The third-order valence-electron chi connectivity index (χ3n) is 2.99. The van der Waals surface area contributed by atoms with Crippen molar-refractivity contribution in [2.75, 3.05) is 12.4 Å². The van der Waals surface area contributed by atoms with E-state index in [1.807, 2.05) is 13.8 Å². The van der Waals surface area contributed by atoms with Crippen molar-refractivity contribution in [1.82, 2.24) is 14.7 Å². The van der Waals surface area contributed by atoms with Crippen LogP contribution >= 0.6 is 23.3 Å². The van der Waals surface area contributed by atoms with Crippen LogP contribution in [0.3, 0.4) is 0 Å². The van der Waals surface area contributed by atoms with Crippen molar-refractivity contribution in [2.45, 2.75) is 49.0 Å². The number of hydrogen-bond acceptors (Lipinski definition) is 7. The third kappa shape index (κ3) is 4.43. The molecule has 1 fully saturated rings. The molecule has 1 aromatic rings. The van der Waals surface area contributed by atoms with Gasteiger partial charge in [-0.1, -0.05) is 11.8 Å². The van der Waals surface area contributed by atoms with Gasteiger partial charge in [-0.3, -0.25) is 10.1 Å². The van der Waals surface area contributed by atoms with Crippen LogP contribution in [0.15, 0.2) is 10.7 Å². The van der Waals surface area contributed by atoms with E-state index in [0.29, 0.717) is 12.6 Å². The van der Waals surface area contributed by atoms with Crippen LogP contribution in [0.2, 0.25) is 0 Å². The second kappa shape index (κ2) is 6.67. The van der Waals surface area contributed by atoms with Crippen molar-refractivity contribution in [2.24, 2.45) is 0 Å². The van der Waals surface area contributed by atoms with Crippen LogP contribution in [-0.2, 0) is 9.53 Å². The van der Waals surface area contributed by atoms with Crippen LogP contribution in [0, 0.1) is 0 Å². The summed E-state index contributed by atoms with van der Waals surface area (Å²) in [7, 11) is 0. The van der Waals surface area contributed by atoms with Gasteiger partial charge in [0.1, 0.15) is 11.9 Å². The molecule has 7 heteroatoms. The average Bonchev–Trinajstić information content (AvgIpc) is 3.03. The first-order chi connectivity index (χ1) is 9.14. The minimum atomic E-state index is -0.588. The van der Waals surface area contributed by atoms with E-state index in [-0.39, 0.29) is 5.97 Å². The lowest BCUT2D eigenvalue weighted by Crippen LogP contribution is -2.51. The molecule has 19 heavy (non-hydrogen) atoms. The zero-order chi connectivity index (χ0) is 13.7. The van der Waals surface area contributed by atoms with Crippen molar-refractivity contribution < 1.29 is 9.53 Å². The Kier molecular flexibility index (Phi) is 5.18. The Hall–Kier alpha value is -0.660. The summed E-state index contributed by atoms with van der Waals surface area (Å²) in [4.78, 5) is 16.2. The summed E-state index contributed by atoms with van der Waals surface area (Å²) in [6.45, 7) is 4.19. The van der Waals surface area contributed by atoms with Crippen molar-refractivity contribution >= 4 is 29.3 Å². The Morgan fingerprint density at radius 3 is 3.05 bits per heavy atom. The number of nitrogens with zero attached hydrogens (tertiary/aromatic N) is 2. The zero-order valence-corrected chi connectivity index (χ0v) is 12.9. The Balaban J connectivity index is 1.86. The number of nitrogens with one attached hydrogen (secondary N) is 1. The van der Waals surface area contributed by atoms with Crippen molar-refractivity contribution in [3.05, 3.63) is 6.33 Å². The first-order valence-corrected chi connectivity index (χ1v) is 8.24. The van der Waals surface area contributed by atoms with E-state index < -0.39 is 5.54 Å². The van der Waals surface area contributed by atoms with E-state index in [1.165, 1.54) is 11.5 Å². The van der Waals surface area contributed by atoms with E-state index in [9.17, 15) is 4.79 Å². The maximum absolute atomic E-state index is 12.1. The Bertz CT molecular complexity index is 409. The Labute approximate surface area is 121 Å². The fourth-order valence-electron chi connectivity index (χ4n) is 1.77. The summed E-state index contributed by atoms with van der Waals surface area (Å²) in [5.41, 5.74) is -0.588. The maximum atomic E-state index is 12.1. The van der Waals surface area contributed by atoms with Crippen LogP contribution in [0.4, 0.5) is 0 Å². The molecule has 1 unspecified atom stereocenters. The molecule has 0 aromatic carbocycles. The molecular formula is C12H19N3O2S2. The van der Waals surface area contributed by atoms with Gasteiger partial charge < -0.3 is 4.74 Å². The lowest BCUT2D eigenvalue weighted by Gasteiger charge is -2.28. The van der Waals surface area contributed by atoms with Gasteiger partial charge in [0.25, 0.3) is 0 Å². The first-order valence-electron chi connectivity index (χ1n) is 6.48. The standard InChI is InChI=1S/C12H19N3O2S2/c1-3-17-10(16)12(2,15-9-4-5-9)6-7-18-11-13-8-14-19-11/h8-9,15H,3-7H2,1-2H3. The monoisotopic (exact) mass is 301 g/mol. The quantitative estimate of drug-likeness (QED) is 0.586. The zero-order valence-electron chi connectivity index (χ0n) is 11.2. The van der Waals surface area contributed by atoms with Gasteiger partial charge in [-0.2, -0.15) is 4.37 Å². The summed E-state index contributed by atoms with van der Waals surface area (Å²) >= 11 is 3.02. The molecule has 0 bridgehead atoms. The maximum Gasteiger partial charge on any atom is 0.326 e. The van der Waals surface area contributed by atoms with Gasteiger partial charge in [-0.05, 0) is 44.6 Å². The summed E-state index contributed by atoms with van der Waals surface area (Å²) < 4.78 is 10.1. The van der Waals surface area contributed by atoms with Gasteiger partial charge in [0, 0.05) is 11.8 Å². The molecule has 0 saturated heterocycles. The SMILES string of the molecule is CCOC(=O)C(C)(CCSc1ncns1)NC1CC1.